The van der Waals surface area contributed by atoms with Crippen LogP contribution < -0.4 is 16.0 Å². The number of amides is 4. The first kappa shape index (κ1) is 38.3. The number of nitrogens with zero attached hydrogens (tertiary/aromatic N) is 2. The SMILES string of the molecule is CCC[C@@H](NC(=O)C1CC2(CC(c3cccc(Cl)c3)=NO2)CN1C(=O)C(Cc1csc2ccccc12)NC(=O)CC1CCCCC1)C(O)C(=O)NC1CC1. The van der Waals surface area contributed by atoms with Crippen molar-refractivity contribution in [2.75, 3.05) is 6.54 Å². The van der Waals surface area contributed by atoms with Crippen molar-refractivity contribution in [2.45, 2.75) is 126 Å². The van der Waals surface area contributed by atoms with E-state index >= 15 is 0 Å². The Bertz CT molecular complexity index is 1890. The summed E-state index contributed by atoms with van der Waals surface area (Å²) in [5, 5.41) is 28.0. The van der Waals surface area contributed by atoms with Crippen molar-refractivity contribution in [1.29, 1.82) is 0 Å². The molecule has 1 aromatic heterocycles. The van der Waals surface area contributed by atoms with Crippen LogP contribution in [-0.2, 0) is 30.4 Å². The number of halogens is 1. The van der Waals surface area contributed by atoms with Crippen LogP contribution in [0.2, 0.25) is 5.02 Å². The normalized spacial score (nSPS) is 23.1. The largest absolute Gasteiger partial charge is 0.387 e. The van der Waals surface area contributed by atoms with Crippen molar-refractivity contribution in [3.8, 4) is 0 Å². The molecule has 54 heavy (non-hydrogen) atoms. The van der Waals surface area contributed by atoms with Gasteiger partial charge in [-0.1, -0.05) is 79.7 Å². The molecule has 4 unspecified atom stereocenters. The number of aliphatic hydroxyl groups is 1. The van der Waals surface area contributed by atoms with Crippen molar-refractivity contribution < 1.29 is 29.1 Å². The van der Waals surface area contributed by atoms with Gasteiger partial charge in [-0.15, -0.1) is 11.3 Å². The molecule has 3 fully saturated rings. The van der Waals surface area contributed by atoms with Gasteiger partial charge in [0.15, 0.2) is 11.7 Å². The van der Waals surface area contributed by atoms with Crippen molar-refractivity contribution in [2.24, 2.45) is 11.1 Å². The number of fused-ring (bicyclic) bond motifs is 1. The lowest BCUT2D eigenvalue weighted by atomic mass is 9.86. The lowest BCUT2D eigenvalue weighted by Gasteiger charge is -2.31. The monoisotopic (exact) mass is 775 g/mol. The Morgan fingerprint density at radius 2 is 1.85 bits per heavy atom. The van der Waals surface area contributed by atoms with Crippen molar-refractivity contribution in [3.63, 3.8) is 0 Å². The van der Waals surface area contributed by atoms with Crippen LogP contribution in [0, 0.1) is 5.92 Å². The zero-order chi connectivity index (χ0) is 37.8. The van der Waals surface area contributed by atoms with E-state index in [1.807, 2.05) is 48.7 Å². The van der Waals surface area contributed by atoms with E-state index < -0.39 is 47.6 Å². The maximum Gasteiger partial charge on any atom is 0.251 e. The summed E-state index contributed by atoms with van der Waals surface area (Å²) in [7, 11) is 0. The maximum atomic E-state index is 15.0. The summed E-state index contributed by atoms with van der Waals surface area (Å²) in [5.41, 5.74) is 1.38. The molecule has 2 aromatic carbocycles. The van der Waals surface area contributed by atoms with Gasteiger partial charge in [-0.3, -0.25) is 19.2 Å². The average Bonchev–Trinajstić information content (AvgIpc) is 3.56. The number of hydrogen-bond acceptors (Lipinski definition) is 8. The van der Waals surface area contributed by atoms with E-state index in [9.17, 15) is 24.3 Å². The maximum absolute atomic E-state index is 15.0. The summed E-state index contributed by atoms with van der Waals surface area (Å²) in [6, 6.07) is 12.5. The van der Waals surface area contributed by atoms with E-state index in [2.05, 4.69) is 21.1 Å². The van der Waals surface area contributed by atoms with Gasteiger partial charge in [-0.2, -0.15) is 0 Å². The lowest BCUT2D eigenvalue weighted by Crippen LogP contribution is -2.57. The number of nitrogens with one attached hydrogen (secondary N) is 3. The van der Waals surface area contributed by atoms with Gasteiger partial charge < -0.3 is 30.8 Å². The number of aliphatic hydroxyl groups excluding tert-OH is 1. The molecule has 1 saturated heterocycles. The van der Waals surface area contributed by atoms with Crippen LogP contribution in [0.15, 0.2) is 59.1 Å². The Morgan fingerprint density at radius 1 is 1.06 bits per heavy atom. The van der Waals surface area contributed by atoms with Crippen LogP contribution in [0.4, 0.5) is 0 Å². The molecule has 11 nitrogen and oxygen atoms in total. The summed E-state index contributed by atoms with van der Waals surface area (Å²) >= 11 is 7.89. The van der Waals surface area contributed by atoms with Crippen LogP contribution in [0.3, 0.4) is 0 Å². The van der Waals surface area contributed by atoms with E-state index in [0.717, 1.165) is 59.7 Å². The number of carbonyl (C=O) groups is 4. The van der Waals surface area contributed by atoms with E-state index in [1.165, 1.54) is 11.3 Å². The molecule has 2 aliphatic heterocycles. The van der Waals surface area contributed by atoms with E-state index in [-0.39, 0.29) is 37.3 Å². The molecule has 2 aliphatic carbocycles. The fraction of sp³-hybridized carbons (Fsp3) is 0.537. The van der Waals surface area contributed by atoms with Crippen molar-refractivity contribution >= 4 is 62.4 Å². The fourth-order valence-corrected chi connectivity index (χ4v) is 9.43. The second-order valence-electron chi connectivity index (χ2n) is 15.6. The van der Waals surface area contributed by atoms with E-state index in [4.69, 9.17) is 16.4 Å². The molecular weight excluding hydrogens is 726 g/mol. The number of rotatable bonds is 14. The first-order valence-corrected chi connectivity index (χ1v) is 20.7. The van der Waals surface area contributed by atoms with Gasteiger partial charge in [0.1, 0.15) is 12.1 Å². The second kappa shape index (κ2) is 16.8. The minimum atomic E-state index is -1.45. The molecule has 4 amide bonds. The second-order valence-corrected chi connectivity index (χ2v) is 17.0. The molecule has 0 radical (unpaired) electrons. The lowest BCUT2D eigenvalue weighted by molar-refractivity contribution is -0.142. The highest BCUT2D eigenvalue weighted by Gasteiger charge is 2.55. The quantitative estimate of drug-likeness (QED) is 0.167. The average molecular weight is 776 g/mol. The Hall–Kier alpha value is -4.00. The smallest absolute Gasteiger partial charge is 0.251 e. The molecule has 4 aliphatic rings. The van der Waals surface area contributed by atoms with Gasteiger partial charge >= 0.3 is 0 Å². The number of carbonyl (C=O) groups excluding carboxylic acids is 4. The Kier molecular flexibility index (Phi) is 11.9. The highest BCUT2D eigenvalue weighted by atomic mass is 35.5. The Balaban J connectivity index is 1.17. The number of hydrogen-bond donors (Lipinski definition) is 4. The molecule has 7 rings (SSSR count). The van der Waals surface area contributed by atoms with Gasteiger partial charge in [0.25, 0.3) is 5.91 Å². The van der Waals surface area contributed by atoms with E-state index in [0.29, 0.717) is 36.4 Å². The first-order chi connectivity index (χ1) is 26.1. The Morgan fingerprint density at radius 3 is 2.61 bits per heavy atom. The summed E-state index contributed by atoms with van der Waals surface area (Å²) in [5.74, 6) is -1.30. The van der Waals surface area contributed by atoms with Gasteiger partial charge in [-0.05, 0) is 72.6 Å². The van der Waals surface area contributed by atoms with Crippen molar-refractivity contribution in [3.05, 3.63) is 70.1 Å². The van der Waals surface area contributed by atoms with Crippen molar-refractivity contribution in [1.82, 2.24) is 20.9 Å². The molecular formula is C41H50ClN5O6S. The molecule has 4 N–H and O–H groups in total. The standard InChI is InChI=1S/C41H50ClN5O6S/c1-2-9-31(37(49)39(51)43-29-16-17-29)45-38(50)34-22-41(21-33(46-53-41)26-12-8-13-28(42)19-26)24-47(34)40(52)32(44-36(48)18-25-10-4-3-5-11-25)20-27-23-54-35-15-7-6-14-30(27)35/h6-8,12-15,19,23,25,29,31-32,34,37,49H,2-5,9-11,16-18,20-22,24H2,1H3,(H,43,51)(H,44,48)(H,45,50)/t31-,32?,34?,37?,41?/m1/s1. The van der Waals surface area contributed by atoms with Gasteiger partial charge in [0, 0.05) is 47.0 Å². The van der Waals surface area contributed by atoms with Crippen LogP contribution in [0.1, 0.15) is 95.1 Å². The minimum Gasteiger partial charge on any atom is -0.387 e. The number of likely N-dealkylation sites (tertiary alicyclic amines) is 1. The van der Waals surface area contributed by atoms with Crippen LogP contribution in [-0.4, -0.2) is 81.8 Å². The molecule has 13 heteroatoms. The molecule has 1 spiro atoms. The summed E-state index contributed by atoms with van der Waals surface area (Å²) < 4.78 is 1.08. The number of oxime groups is 1. The molecule has 2 saturated carbocycles. The predicted molar refractivity (Wildman–Crippen MR) is 209 cm³/mol. The highest BCUT2D eigenvalue weighted by Crippen LogP contribution is 2.40. The Labute approximate surface area is 325 Å². The number of benzene rings is 2. The summed E-state index contributed by atoms with van der Waals surface area (Å²) in [6.45, 7) is 1.97. The molecule has 3 aromatic rings. The molecule has 0 bridgehead atoms. The molecule has 5 atom stereocenters. The summed E-state index contributed by atoms with van der Waals surface area (Å²) in [4.78, 5) is 63.6. The van der Waals surface area contributed by atoms with Crippen LogP contribution in [0.5, 0.6) is 0 Å². The molecule has 288 valence electrons. The topological polar surface area (TPSA) is 149 Å². The van der Waals surface area contributed by atoms with Gasteiger partial charge in [0.2, 0.25) is 17.7 Å². The molecule has 3 heterocycles. The van der Waals surface area contributed by atoms with E-state index in [1.54, 1.807) is 23.5 Å². The van der Waals surface area contributed by atoms with Gasteiger partial charge in [0.05, 0.1) is 18.3 Å². The predicted octanol–water partition coefficient (Wildman–Crippen LogP) is 5.64. The highest BCUT2D eigenvalue weighted by molar-refractivity contribution is 7.17. The minimum absolute atomic E-state index is 0.0479. The van der Waals surface area contributed by atoms with Crippen LogP contribution >= 0.6 is 22.9 Å². The fourth-order valence-electron chi connectivity index (χ4n) is 8.27. The zero-order valence-corrected chi connectivity index (χ0v) is 32.3. The third-order valence-electron chi connectivity index (χ3n) is 11.3. The third kappa shape index (κ3) is 8.92. The van der Waals surface area contributed by atoms with Gasteiger partial charge in [-0.25, -0.2) is 0 Å². The van der Waals surface area contributed by atoms with Crippen LogP contribution in [0.25, 0.3) is 10.1 Å². The zero-order valence-electron chi connectivity index (χ0n) is 30.7. The first-order valence-electron chi connectivity index (χ1n) is 19.5. The third-order valence-corrected chi connectivity index (χ3v) is 12.5. The number of thiophene rings is 1. The summed E-state index contributed by atoms with van der Waals surface area (Å²) in [6.07, 6.45) is 7.68.